The molecule has 0 radical (unpaired) electrons. The highest BCUT2D eigenvalue weighted by atomic mass is 32.1. The van der Waals surface area contributed by atoms with Gasteiger partial charge in [-0.1, -0.05) is 54.4 Å². The van der Waals surface area contributed by atoms with Gasteiger partial charge in [-0.15, -0.1) is 0 Å². The van der Waals surface area contributed by atoms with E-state index in [4.69, 9.17) is 10.8 Å². The van der Waals surface area contributed by atoms with Crippen molar-refractivity contribution in [2.75, 3.05) is 18.6 Å². The van der Waals surface area contributed by atoms with E-state index in [2.05, 4.69) is 41.4 Å². The molecule has 2 heterocycles. The summed E-state index contributed by atoms with van der Waals surface area (Å²) in [5.41, 5.74) is 5.79. The maximum Gasteiger partial charge on any atom is 0.280 e. The van der Waals surface area contributed by atoms with Crippen LogP contribution in [0.15, 0.2) is 11.1 Å². The Morgan fingerprint density at radius 2 is 1.72 bits per heavy atom. The van der Waals surface area contributed by atoms with Crippen LogP contribution in [0.1, 0.15) is 60.8 Å². The van der Waals surface area contributed by atoms with Crippen LogP contribution in [0.3, 0.4) is 0 Å². The maximum atomic E-state index is 11.4. The van der Waals surface area contributed by atoms with Crippen LogP contribution in [0, 0.1) is 0 Å². The highest BCUT2D eigenvalue weighted by molar-refractivity contribution is 7.79. The van der Waals surface area contributed by atoms with Crippen molar-refractivity contribution in [2.45, 2.75) is 67.3 Å². The van der Waals surface area contributed by atoms with E-state index in [1.54, 1.807) is 10.8 Å². The summed E-state index contributed by atoms with van der Waals surface area (Å²) in [5, 5.41) is 8.70. The number of aliphatic hydroxyl groups is 1. The second kappa shape index (κ2) is 20.5. The SMILES string of the molecule is CC.CC.CCCC.CS.Nc1nc2c(ncn2CCCO)c(=O)[nH]1. The molecule has 0 unspecified atom stereocenters. The number of nitrogens with one attached hydrogen (secondary N) is 1. The topological polar surface area (TPSA) is 110 Å². The van der Waals surface area contributed by atoms with Crippen LogP contribution >= 0.6 is 12.6 Å². The molecule has 0 spiro atoms. The number of hydrogen-bond acceptors (Lipinski definition) is 6. The van der Waals surface area contributed by atoms with Crippen molar-refractivity contribution < 1.29 is 5.11 Å². The number of fused-ring (bicyclic) bond motifs is 1. The van der Waals surface area contributed by atoms with Crippen LogP contribution < -0.4 is 11.3 Å². The van der Waals surface area contributed by atoms with Crippen LogP contribution in [-0.2, 0) is 6.54 Å². The third-order valence-electron chi connectivity index (χ3n) is 2.55. The molecule has 0 bridgehead atoms. The molecule has 7 nitrogen and oxygen atoms in total. The second-order valence-corrected chi connectivity index (χ2v) is 4.14. The number of nitrogens with zero attached hydrogens (tertiary/aromatic N) is 3. The maximum absolute atomic E-state index is 11.4. The number of aromatic amines is 1. The number of thiol groups is 1. The Balaban J connectivity index is -0.000000412. The molecule has 0 fully saturated rings. The highest BCUT2D eigenvalue weighted by Gasteiger charge is 2.08. The van der Waals surface area contributed by atoms with Gasteiger partial charge in [0.05, 0.1) is 6.33 Å². The molecule has 2 aromatic rings. The lowest BCUT2D eigenvalue weighted by atomic mass is 10.4. The van der Waals surface area contributed by atoms with Crippen molar-refractivity contribution in [3.8, 4) is 0 Å². The zero-order chi connectivity index (χ0) is 20.3. The first-order valence-corrected chi connectivity index (χ1v) is 9.79. The first-order chi connectivity index (χ1) is 12.1. The van der Waals surface area contributed by atoms with Gasteiger partial charge in [0.25, 0.3) is 5.56 Å². The number of hydrogen-bond donors (Lipinski definition) is 4. The summed E-state index contributed by atoms with van der Waals surface area (Å²) >= 11 is 3.53. The summed E-state index contributed by atoms with van der Waals surface area (Å²) < 4.78 is 1.69. The van der Waals surface area contributed by atoms with Gasteiger partial charge in [0.2, 0.25) is 5.95 Å². The summed E-state index contributed by atoms with van der Waals surface area (Å²) in [6.07, 6.45) is 6.43. The first-order valence-electron chi connectivity index (χ1n) is 8.90. The smallest absolute Gasteiger partial charge is 0.280 e. The van der Waals surface area contributed by atoms with Crippen molar-refractivity contribution in [1.82, 2.24) is 19.5 Å². The molecule has 2 aromatic heterocycles. The lowest BCUT2D eigenvalue weighted by molar-refractivity contribution is 0.280. The molecule has 0 aliphatic rings. The normalized spacial score (nSPS) is 8.52. The van der Waals surface area contributed by atoms with Crippen molar-refractivity contribution >= 4 is 29.7 Å². The largest absolute Gasteiger partial charge is 0.396 e. The second-order valence-electron chi connectivity index (χ2n) is 4.14. The fraction of sp³-hybridized carbons (Fsp3) is 0.706. The third-order valence-corrected chi connectivity index (χ3v) is 2.55. The van der Waals surface area contributed by atoms with Gasteiger partial charge in [-0.25, -0.2) is 4.98 Å². The Labute approximate surface area is 157 Å². The van der Waals surface area contributed by atoms with Gasteiger partial charge in [0.1, 0.15) is 0 Å². The molecule has 0 amide bonds. The van der Waals surface area contributed by atoms with Gasteiger partial charge >= 0.3 is 0 Å². The van der Waals surface area contributed by atoms with Crippen LogP contribution in [0.5, 0.6) is 0 Å². The molecule has 0 saturated carbocycles. The zero-order valence-corrected chi connectivity index (χ0v) is 17.7. The summed E-state index contributed by atoms with van der Waals surface area (Å²) in [5.74, 6) is 0.0678. The minimum Gasteiger partial charge on any atom is -0.396 e. The fourth-order valence-electron chi connectivity index (χ4n) is 1.38. The number of aromatic nitrogens is 4. The quantitative estimate of drug-likeness (QED) is 0.612. The number of anilines is 1. The Bertz CT molecular complexity index is 568. The lowest BCUT2D eigenvalue weighted by Gasteiger charge is -2.01. The number of nitrogens with two attached hydrogens (primary N) is 1. The molecule has 25 heavy (non-hydrogen) atoms. The number of rotatable bonds is 4. The molecular formula is C17H37N5O2S. The van der Waals surface area contributed by atoms with Gasteiger partial charge < -0.3 is 15.4 Å². The molecule has 0 atom stereocenters. The van der Waals surface area contributed by atoms with Crippen molar-refractivity contribution in [3.05, 3.63) is 16.7 Å². The molecule has 0 saturated heterocycles. The molecule has 4 N–H and O–H groups in total. The number of aliphatic hydroxyl groups excluding tert-OH is 1. The minimum absolute atomic E-state index is 0.0678. The predicted molar refractivity (Wildman–Crippen MR) is 112 cm³/mol. The Kier molecular flexibility index (Phi) is 23.2. The summed E-state index contributed by atoms with van der Waals surface area (Å²) in [6.45, 7) is 13.0. The van der Waals surface area contributed by atoms with Crippen LogP contribution in [0.25, 0.3) is 11.2 Å². The van der Waals surface area contributed by atoms with Crippen LogP contribution in [0.4, 0.5) is 5.95 Å². The zero-order valence-electron chi connectivity index (χ0n) is 16.8. The molecular weight excluding hydrogens is 338 g/mol. The third kappa shape index (κ3) is 11.6. The average molecular weight is 376 g/mol. The number of aryl methyl sites for hydroxylation is 1. The molecule has 0 aliphatic heterocycles. The molecule has 2 rings (SSSR count). The van der Waals surface area contributed by atoms with Gasteiger partial charge in [-0.3, -0.25) is 9.78 Å². The standard InChI is InChI=1S/C8H11N5O2.C4H10.2C2H6.CH4S/c9-8-11-6-5(7(15)12-8)10-4-13(6)2-1-3-14;1-3-4-2;3*1-2/h4,14H,1-3H2,(H3,9,11,12,15);3-4H2,1-2H3;2*1-2H3;2H,1H3. The predicted octanol–water partition coefficient (Wildman–Crippen LogP) is 3.49. The number of imidazole rings is 1. The Hall–Kier alpha value is -1.54. The fourth-order valence-corrected chi connectivity index (χ4v) is 1.38. The van der Waals surface area contributed by atoms with E-state index in [0.29, 0.717) is 18.6 Å². The molecule has 148 valence electrons. The Morgan fingerprint density at radius 1 is 1.20 bits per heavy atom. The minimum atomic E-state index is -0.347. The Morgan fingerprint density at radius 3 is 2.16 bits per heavy atom. The molecule has 8 heteroatoms. The highest BCUT2D eigenvalue weighted by Crippen LogP contribution is 2.06. The van der Waals surface area contributed by atoms with E-state index < -0.39 is 0 Å². The summed E-state index contributed by atoms with van der Waals surface area (Å²) in [4.78, 5) is 21.7. The number of nitrogen functional groups attached to an aromatic ring is 1. The first kappa shape index (κ1) is 28.3. The van der Waals surface area contributed by atoms with Crippen molar-refractivity contribution in [2.24, 2.45) is 0 Å². The van der Waals surface area contributed by atoms with Crippen molar-refractivity contribution in [1.29, 1.82) is 0 Å². The van der Waals surface area contributed by atoms with E-state index in [0.717, 1.165) is 0 Å². The van der Waals surface area contributed by atoms with E-state index in [9.17, 15) is 4.79 Å². The van der Waals surface area contributed by atoms with Gasteiger partial charge in [0, 0.05) is 13.2 Å². The van der Waals surface area contributed by atoms with Gasteiger partial charge in [-0.05, 0) is 12.7 Å². The lowest BCUT2D eigenvalue weighted by Crippen LogP contribution is -2.12. The van der Waals surface area contributed by atoms with Gasteiger partial charge in [-0.2, -0.15) is 17.6 Å². The number of H-pyrrole nitrogens is 1. The summed E-state index contributed by atoms with van der Waals surface area (Å²) in [6, 6.07) is 0. The number of unbranched alkanes of at least 4 members (excludes halogenated alkanes) is 1. The van der Waals surface area contributed by atoms with Crippen LogP contribution in [-0.4, -0.2) is 37.5 Å². The van der Waals surface area contributed by atoms with E-state index >= 15 is 0 Å². The van der Waals surface area contributed by atoms with Crippen molar-refractivity contribution in [3.63, 3.8) is 0 Å². The van der Waals surface area contributed by atoms with Gasteiger partial charge in [0.15, 0.2) is 11.2 Å². The average Bonchev–Trinajstić information content (AvgIpc) is 3.08. The van der Waals surface area contributed by atoms with Crippen LogP contribution in [0.2, 0.25) is 0 Å². The van der Waals surface area contributed by atoms with E-state index in [-0.39, 0.29) is 23.6 Å². The monoisotopic (exact) mass is 375 g/mol. The molecule has 0 aliphatic carbocycles. The summed E-state index contributed by atoms with van der Waals surface area (Å²) in [7, 11) is 0. The van der Waals surface area contributed by atoms with E-state index in [1.165, 1.54) is 19.2 Å². The molecule has 0 aromatic carbocycles. The van der Waals surface area contributed by atoms with E-state index in [1.807, 2.05) is 27.7 Å².